The number of aliphatic hydroxyl groups excluding tert-OH is 2. The summed E-state index contributed by atoms with van der Waals surface area (Å²) < 4.78 is 23.1. The molecular weight excluding hydrogens is 1090 g/mol. The van der Waals surface area contributed by atoms with E-state index in [-0.39, 0.29) is 84.6 Å². The first-order valence-electron chi connectivity index (χ1n) is 27.7. The third kappa shape index (κ3) is 14.0. The Morgan fingerprint density at radius 1 is 0.810 bits per heavy atom. The Morgan fingerprint density at radius 3 is 2.21 bits per heavy atom. The molecule has 2 heterocycles. The van der Waals surface area contributed by atoms with Crippen molar-refractivity contribution in [2.75, 3.05) is 32.1 Å². The number of carbonyl (C=O) groups excluding carboxylic acids is 9. The second kappa shape index (κ2) is 27.3. The maximum absolute atomic E-state index is 14.1. The molecule has 1 fully saturated rings. The highest BCUT2D eigenvalue weighted by molar-refractivity contribution is 6.31. The lowest BCUT2D eigenvalue weighted by atomic mass is 9.72. The lowest BCUT2D eigenvalue weighted by Gasteiger charge is -2.42. The maximum atomic E-state index is 14.1. The van der Waals surface area contributed by atoms with Gasteiger partial charge in [-0.25, -0.2) is 4.79 Å². The van der Waals surface area contributed by atoms with Gasteiger partial charge >= 0.3 is 6.09 Å². The number of benzene rings is 4. The molecule has 0 radical (unpaired) electrons. The number of carbonyl (C=O) groups is 9. The van der Waals surface area contributed by atoms with Gasteiger partial charge in [0.15, 0.2) is 17.9 Å². The minimum atomic E-state index is -2.41. The number of ether oxygens (including phenoxy) is 4. The zero-order valence-electron chi connectivity index (χ0n) is 46.3. The van der Waals surface area contributed by atoms with Crippen molar-refractivity contribution in [1.82, 2.24) is 20.9 Å². The van der Waals surface area contributed by atoms with E-state index in [1.165, 1.54) is 44.4 Å². The molecule has 11 N–H and O–H groups in total. The fourth-order valence-corrected chi connectivity index (χ4v) is 10.9. The molecule has 4 aromatic carbocycles. The number of nitrogens with one attached hydrogen (secondary N) is 4. The van der Waals surface area contributed by atoms with Crippen molar-refractivity contribution in [3.63, 3.8) is 0 Å². The second-order valence-electron chi connectivity index (χ2n) is 21.1. The molecule has 24 nitrogen and oxygen atoms in total. The molecule has 4 aliphatic rings. The van der Waals surface area contributed by atoms with E-state index in [1.54, 1.807) is 36.4 Å². The highest BCUT2D eigenvalue weighted by atomic mass is 16.7. The number of aliphatic hydroxyl groups is 3. The van der Waals surface area contributed by atoms with Crippen molar-refractivity contribution in [2.45, 2.75) is 132 Å². The van der Waals surface area contributed by atoms with E-state index in [2.05, 4.69) is 21.3 Å². The van der Waals surface area contributed by atoms with Gasteiger partial charge in [0.2, 0.25) is 23.5 Å². The number of aromatic hydroxyl groups is 2. The second-order valence-corrected chi connectivity index (χ2v) is 21.1. The van der Waals surface area contributed by atoms with E-state index >= 15 is 0 Å². The van der Waals surface area contributed by atoms with Gasteiger partial charge in [-0.3, -0.25) is 43.3 Å². The first-order valence-corrected chi connectivity index (χ1v) is 27.7. The molecule has 446 valence electrons. The normalized spacial score (nSPS) is 21.4. The number of unbranched alkanes of at least 4 members (excludes halogenated alkanes) is 3. The number of Topliss-reactive ketones (excluding diaryl/α,β-unsaturated/α-hetero) is 1. The number of fused-ring (bicyclic) bond motifs is 3. The number of hydrogen-bond donors (Lipinski definition) is 10. The van der Waals surface area contributed by atoms with Crippen molar-refractivity contribution >= 4 is 58.7 Å². The van der Waals surface area contributed by atoms with Crippen molar-refractivity contribution < 1.29 is 87.6 Å². The maximum Gasteiger partial charge on any atom is 0.407 e. The van der Waals surface area contributed by atoms with Crippen LogP contribution in [0.1, 0.15) is 125 Å². The number of nitrogens with zero attached hydrogens (tertiary/aromatic N) is 1. The van der Waals surface area contributed by atoms with Crippen LogP contribution in [0.25, 0.3) is 0 Å². The van der Waals surface area contributed by atoms with Crippen LogP contribution in [0.4, 0.5) is 10.5 Å². The summed E-state index contributed by atoms with van der Waals surface area (Å²) in [6.45, 7) is 0.659. The number of anilines is 1. The van der Waals surface area contributed by atoms with Crippen molar-refractivity contribution in [1.29, 1.82) is 0 Å². The quantitative estimate of drug-likeness (QED) is 0.0228. The van der Waals surface area contributed by atoms with Gasteiger partial charge in [-0.15, -0.1) is 0 Å². The number of rotatable bonds is 25. The number of phenols is 2. The van der Waals surface area contributed by atoms with Crippen LogP contribution < -0.4 is 31.7 Å². The summed E-state index contributed by atoms with van der Waals surface area (Å²) in [6.07, 6.45) is -2.41. The number of nitrogens with two attached hydrogens (primary N) is 1. The number of imide groups is 1. The topological polar surface area (TPSA) is 369 Å². The number of alkyl carbamates (subject to hydrolysis) is 1. The van der Waals surface area contributed by atoms with Crippen molar-refractivity contribution in [3.8, 4) is 17.2 Å². The summed E-state index contributed by atoms with van der Waals surface area (Å²) in [6, 6.07) is 16.4. The predicted molar refractivity (Wildman–Crippen MR) is 297 cm³/mol. The van der Waals surface area contributed by atoms with Crippen LogP contribution in [-0.4, -0.2) is 152 Å². The first kappa shape index (κ1) is 61.7. The van der Waals surface area contributed by atoms with E-state index in [9.17, 15) is 68.7 Å². The predicted octanol–water partition coefficient (Wildman–Crippen LogP) is 2.73. The molecule has 0 bridgehead atoms. The van der Waals surface area contributed by atoms with Crippen LogP contribution in [0.15, 0.2) is 84.9 Å². The number of ketones is 3. The van der Waals surface area contributed by atoms with Crippen LogP contribution in [0.5, 0.6) is 17.2 Å². The molecule has 84 heavy (non-hydrogen) atoms. The van der Waals surface area contributed by atoms with Gasteiger partial charge < -0.3 is 71.5 Å². The largest absolute Gasteiger partial charge is 0.507 e. The Kier molecular flexibility index (Phi) is 20.1. The summed E-state index contributed by atoms with van der Waals surface area (Å²) in [5.74, 6) is -6.59. The van der Waals surface area contributed by atoms with Gasteiger partial charge in [0.05, 0.1) is 42.0 Å². The van der Waals surface area contributed by atoms with Crippen LogP contribution in [0, 0.1) is 0 Å². The van der Waals surface area contributed by atoms with E-state index in [4.69, 9.17) is 24.7 Å². The fraction of sp³-hybridized carbons (Fsp3) is 0.417. The Morgan fingerprint density at radius 2 is 1.52 bits per heavy atom. The average Bonchev–Trinajstić information content (AvgIpc) is 1.06. The lowest BCUT2D eigenvalue weighted by molar-refractivity contribution is -0.249. The number of amides is 6. The highest BCUT2D eigenvalue weighted by Gasteiger charge is 2.50. The Hall–Kier alpha value is -8.39. The minimum Gasteiger partial charge on any atom is -0.507 e. The SMILES string of the molecule is COc1cccc2c1C(=O)c1c(O)c3c(c(O)c1C2=O)CC(O)(C(=O)CO)CC3OC1CC(NC(=O)OCc2ccc(NC(=O)C(CCCCN)NC(=O)C(Cc3ccccc3)NC(=O)CCCCCN3C(=O)C=CC3=O)cc2)C(O)C(C)O1. The molecule has 6 amide bonds. The molecule has 8 rings (SSSR count). The van der Waals surface area contributed by atoms with Gasteiger partial charge in [-0.05, 0) is 74.9 Å². The van der Waals surface area contributed by atoms with E-state index < -0.39 is 126 Å². The van der Waals surface area contributed by atoms with Crippen LogP contribution in [0.3, 0.4) is 0 Å². The number of methoxy groups -OCH3 is 1. The van der Waals surface area contributed by atoms with Gasteiger partial charge in [0, 0.05) is 73.2 Å². The molecule has 2 aliphatic carbocycles. The molecule has 24 heteroatoms. The summed E-state index contributed by atoms with van der Waals surface area (Å²) in [4.78, 5) is 120. The van der Waals surface area contributed by atoms with E-state index in [0.717, 1.165) is 10.5 Å². The molecule has 8 unspecified atom stereocenters. The Balaban J connectivity index is 0.880. The van der Waals surface area contributed by atoms with Crippen molar-refractivity contribution in [2.24, 2.45) is 5.73 Å². The van der Waals surface area contributed by atoms with Crippen LogP contribution in [0.2, 0.25) is 0 Å². The Bertz CT molecular complexity index is 3190. The summed E-state index contributed by atoms with van der Waals surface area (Å²) >= 11 is 0. The molecule has 1 saturated heterocycles. The average molecular weight is 1160 g/mol. The molecule has 4 aromatic rings. The monoisotopic (exact) mass is 1160 g/mol. The zero-order valence-corrected chi connectivity index (χ0v) is 46.3. The summed E-state index contributed by atoms with van der Waals surface area (Å²) in [7, 11) is 1.29. The highest BCUT2D eigenvalue weighted by Crippen LogP contribution is 2.52. The van der Waals surface area contributed by atoms with Gasteiger partial charge in [-0.1, -0.05) is 61.0 Å². The van der Waals surface area contributed by atoms with E-state index in [0.29, 0.717) is 49.9 Å². The standard InChI is InChI=1S/C60H68N6O18/c1-32-52(72)39(27-47(83-32)84-42-29-60(80,43(68)30-67)28-37-49(42)56(76)51-50(54(37)74)53(73)36-14-11-16-41(81-2)48(36)55(51)75)65-59(79)82-31-34-18-20-35(21-19-34)62-57(77)38(15-8-9-24-61)64-58(78)40(26-33-12-5-3-6-13-33)63-44(69)17-7-4-10-25-66-45(70)22-23-46(66)71/h3,5-6,11-14,16,18-23,32,38-40,42,47,52,67,72,74,76,80H,4,7-10,15,17,24-31,61H2,1-2H3,(H,62,77)(H,63,69)(H,64,78)(H,65,79). The molecule has 8 atom stereocenters. The fourth-order valence-electron chi connectivity index (χ4n) is 10.9. The Labute approximate surface area is 482 Å². The lowest BCUT2D eigenvalue weighted by Crippen LogP contribution is -2.56. The molecule has 0 aromatic heterocycles. The molecule has 0 saturated carbocycles. The number of phenolic OH excluding ortho intramolecular Hbond substituents is 2. The smallest absolute Gasteiger partial charge is 0.407 e. The van der Waals surface area contributed by atoms with Gasteiger partial charge in [0.25, 0.3) is 11.8 Å². The number of hydrogen-bond acceptors (Lipinski definition) is 19. The van der Waals surface area contributed by atoms with Gasteiger partial charge in [-0.2, -0.15) is 0 Å². The van der Waals surface area contributed by atoms with E-state index in [1.807, 2.05) is 18.2 Å². The third-order valence-electron chi connectivity index (χ3n) is 15.4. The molecule has 0 spiro atoms. The minimum absolute atomic E-state index is 0.0258. The summed E-state index contributed by atoms with van der Waals surface area (Å²) in [5.41, 5.74) is 2.97. The van der Waals surface area contributed by atoms with Crippen LogP contribution >= 0.6 is 0 Å². The first-order chi connectivity index (χ1) is 40.2. The summed E-state index contributed by atoms with van der Waals surface area (Å²) in [5, 5.41) is 67.4. The van der Waals surface area contributed by atoms with Crippen molar-refractivity contribution in [3.05, 3.63) is 129 Å². The third-order valence-corrected chi connectivity index (χ3v) is 15.4. The molecule has 2 aliphatic heterocycles. The zero-order chi connectivity index (χ0) is 60.4. The molecular formula is C60H68N6O18. The van der Waals surface area contributed by atoms with Crippen LogP contribution in [-0.2, 0) is 62.4 Å². The van der Waals surface area contributed by atoms with Gasteiger partial charge in [0.1, 0.15) is 54.3 Å².